The molecule has 0 aromatic carbocycles. The summed E-state index contributed by atoms with van der Waals surface area (Å²) in [6.45, 7) is 4.72. The molecule has 3 rings (SSSR count). The third kappa shape index (κ3) is 2.51. The van der Waals surface area contributed by atoms with Gasteiger partial charge in [-0.05, 0) is 6.42 Å². The van der Waals surface area contributed by atoms with Crippen LogP contribution in [0.5, 0.6) is 0 Å². The summed E-state index contributed by atoms with van der Waals surface area (Å²) < 4.78 is 16.0. The van der Waals surface area contributed by atoms with Gasteiger partial charge in [0.1, 0.15) is 5.60 Å². The second-order valence-electron chi connectivity index (χ2n) is 6.35. The van der Waals surface area contributed by atoms with E-state index in [-0.39, 0.29) is 29.7 Å². The quantitative estimate of drug-likeness (QED) is 0.695. The summed E-state index contributed by atoms with van der Waals surface area (Å²) in [4.78, 5) is 28.4. The summed E-state index contributed by atoms with van der Waals surface area (Å²) >= 11 is 0. The highest BCUT2D eigenvalue weighted by Gasteiger charge is 2.76. The largest absolute Gasteiger partial charge is 0.465 e. The van der Waals surface area contributed by atoms with Crippen molar-refractivity contribution in [2.24, 2.45) is 17.8 Å². The Hall–Kier alpha value is -1.18. The lowest BCUT2D eigenvalue weighted by Gasteiger charge is -2.28. The highest BCUT2D eigenvalue weighted by atomic mass is 16.7. The van der Waals surface area contributed by atoms with Crippen LogP contribution in [-0.4, -0.2) is 62.1 Å². The van der Waals surface area contributed by atoms with Crippen molar-refractivity contribution in [3.8, 4) is 0 Å². The Bertz CT molecular complexity index is 443. The summed E-state index contributed by atoms with van der Waals surface area (Å²) in [6.07, 6.45) is 0.920. The maximum Gasteiger partial charge on any atom is 0.302 e. The topological polar surface area (TPSA) is 74.3 Å². The van der Waals surface area contributed by atoms with Gasteiger partial charge in [0.05, 0.1) is 19.8 Å². The van der Waals surface area contributed by atoms with E-state index in [0.717, 1.165) is 13.0 Å². The van der Waals surface area contributed by atoms with Gasteiger partial charge in [-0.15, -0.1) is 0 Å². The number of ether oxygens (including phenoxy) is 3. The fourth-order valence-electron chi connectivity index (χ4n) is 4.10. The number of esters is 2. The predicted molar refractivity (Wildman–Crippen MR) is 74.5 cm³/mol. The summed E-state index contributed by atoms with van der Waals surface area (Å²) in [6, 6.07) is 0.302. The molecule has 0 aromatic heterocycles. The molecule has 1 spiro atoms. The fraction of sp³-hybridized carbons (Fsp3) is 0.867. The molecule has 0 radical (unpaired) electrons. The Morgan fingerprint density at radius 1 is 1.18 bits per heavy atom. The smallest absolute Gasteiger partial charge is 0.302 e. The number of hydrogen-bond acceptors (Lipinski definition) is 7. The first-order valence-corrected chi connectivity index (χ1v) is 7.73. The molecule has 1 aliphatic carbocycles. The van der Waals surface area contributed by atoms with E-state index in [4.69, 9.17) is 19.0 Å². The van der Waals surface area contributed by atoms with Gasteiger partial charge in [-0.3, -0.25) is 14.4 Å². The number of hydrogen-bond donors (Lipinski definition) is 0. The van der Waals surface area contributed by atoms with Crippen molar-refractivity contribution in [3.05, 3.63) is 0 Å². The molecule has 3 fully saturated rings. The standard InChI is InChI=1S/C15H23NO6/c1-9(17)20-7-11-12(8-21-10(2)18)15(11)13-6-19-5-4-14(13)16(3)22-15/h11-14H,4-8H2,1-3H3/t11-,12+,13-,14+,15?/m0/s1. The molecule has 124 valence electrons. The van der Waals surface area contributed by atoms with Crippen LogP contribution in [0.3, 0.4) is 0 Å². The molecule has 7 heteroatoms. The Morgan fingerprint density at radius 2 is 1.77 bits per heavy atom. The molecule has 1 saturated carbocycles. The summed E-state index contributed by atoms with van der Waals surface area (Å²) in [5.41, 5.74) is -0.440. The maximum atomic E-state index is 11.1. The van der Waals surface area contributed by atoms with Gasteiger partial charge >= 0.3 is 11.9 Å². The van der Waals surface area contributed by atoms with Crippen LogP contribution < -0.4 is 0 Å². The molecular formula is C15H23NO6. The lowest BCUT2D eigenvalue weighted by atomic mass is 9.88. The zero-order valence-corrected chi connectivity index (χ0v) is 13.2. The van der Waals surface area contributed by atoms with Crippen molar-refractivity contribution in [2.45, 2.75) is 31.9 Å². The highest BCUT2D eigenvalue weighted by Crippen LogP contribution is 2.63. The first-order chi connectivity index (χ1) is 10.5. The lowest BCUT2D eigenvalue weighted by molar-refractivity contribution is -0.169. The van der Waals surface area contributed by atoms with Gasteiger partial charge in [-0.25, -0.2) is 0 Å². The number of carbonyl (C=O) groups excluding carboxylic acids is 2. The highest BCUT2D eigenvalue weighted by molar-refractivity contribution is 5.66. The Kier molecular flexibility index (Phi) is 4.13. The Morgan fingerprint density at radius 3 is 2.32 bits per heavy atom. The molecule has 0 bridgehead atoms. The maximum absolute atomic E-state index is 11.1. The fourth-order valence-corrected chi connectivity index (χ4v) is 4.10. The van der Waals surface area contributed by atoms with Crippen LogP contribution in [0.1, 0.15) is 20.3 Å². The van der Waals surface area contributed by atoms with Crippen LogP contribution in [-0.2, 0) is 28.6 Å². The molecule has 2 saturated heterocycles. The summed E-state index contributed by atoms with van der Waals surface area (Å²) in [7, 11) is 1.93. The zero-order valence-electron chi connectivity index (χ0n) is 13.2. The van der Waals surface area contributed by atoms with Crippen molar-refractivity contribution in [1.29, 1.82) is 0 Å². The van der Waals surface area contributed by atoms with E-state index in [1.54, 1.807) is 0 Å². The average Bonchev–Trinajstić information content (AvgIpc) is 2.98. The minimum Gasteiger partial charge on any atom is -0.465 e. The van der Waals surface area contributed by atoms with Crippen LogP contribution in [0.15, 0.2) is 0 Å². The number of rotatable bonds is 4. The predicted octanol–water partition coefficient (Wildman–Crippen LogP) is 0.380. The third-order valence-electron chi connectivity index (χ3n) is 5.14. The first kappa shape index (κ1) is 15.7. The van der Waals surface area contributed by atoms with E-state index in [9.17, 15) is 9.59 Å². The van der Waals surface area contributed by atoms with E-state index in [1.165, 1.54) is 13.8 Å². The third-order valence-corrected chi connectivity index (χ3v) is 5.14. The second-order valence-corrected chi connectivity index (χ2v) is 6.35. The van der Waals surface area contributed by atoms with E-state index >= 15 is 0 Å². The average molecular weight is 313 g/mol. The van der Waals surface area contributed by atoms with Crippen molar-refractivity contribution >= 4 is 11.9 Å². The van der Waals surface area contributed by atoms with Crippen LogP contribution in [0.25, 0.3) is 0 Å². The van der Waals surface area contributed by atoms with Gasteiger partial charge in [-0.2, -0.15) is 5.06 Å². The van der Waals surface area contributed by atoms with E-state index < -0.39 is 5.60 Å². The van der Waals surface area contributed by atoms with Gasteiger partial charge in [-0.1, -0.05) is 0 Å². The van der Waals surface area contributed by atoms with Crippen molar-refractivity contribution in [1.82, 2.24) is 5.06 Å². The van der Waals surface area contributed by atoms with E-state index in [2.05, 4.69) is 0 Å². The van der Waals surface area contributed by atoms with Gasteiger partial charge in [0.15, 0.2) is 0 Å². The molecule has 2 heterocycles. The van der Waals surface area contributed by atoms with Crippen molar-refractivity contribution < 1.29 is 28.6 Å². The van der Waals surface area contributed by atoms with E-state index in [1.807, 2.05) is 12.1 Å². The molecule has 7 nitrogen and oxygen atoms in total. The molecule has 2 aliphatic heterocycles. The number of carbonyl (C=O) groups is 2. The molecule has 5 atom stereocenters. The second kappa shape index (κ2) is 5.79. The van der Waals surface area contributed by atoms with Crippen LogP contribution in [0, 0.1) is 17.8 Å². The number of nitrogens with zero attached hydrogens (tertiary/aromatic N) is 1. The lowest BCUT2D eigenvalue weighted by Crippen LogP contribution is -2.39. The Labute approximate surface area is 129 Å². The normalized spacial score (nSPS) is 40.3. The first-order valence-electron chi connectivity index (χ1n) is 7.73. The van der Waals surface area contributed by atoms with Gasteiger partial charge in [0.2, 0.25) is 0 Å². The molecule has 1 unspecified atom stereocenters. The number of hydroxylamine groups is 2. The van der Waals surface area contributed by atoms with Crippen molar-refractivity contribution in [2.75, 3.05) is 33.5 Å². The molecule has 0 amide bonds. The van der Waals surface area contributed by atoms with E-state index in [0.29, 0.717) is 25.9 Å². The molecular weight excluding hydrogens is 290 g/mol. The molecule has 22 heavy (non-hydrogen) atoms. The summed E-state index contributed by atoms with van der Waals surface area (Å²) in [5.74, 6) is -0.329. The molecule has 3 aliphatic rings. The van der Waals surface area contributed by atoms with Gasteiger partial charge in [0, 0.05) is 51.3 Å². The summed E-state index contributed by atoms with van der Waals surface area (Å²) in [5, 5.41) is 1.90. The zero-order chi connectivity index (χ0) is 15.9. The molecule has 0 aromatic rings. The van der Waals surface area contributed by atoms with Gasteiger partial charge in [0.25, 0.3) is 0 Å². The van der Waals surface area contributed by atoms with Crippen LogP contribution >= 0.6 is 0 Å². The minimum absolute atomic E-state index is 0.0369. The van der Waals surface area contributed by atoms with Crippen LogP contribution in [0.4, 0.5) is 0 Å². The molecule has 0 N–H and O–H groups in total. The SMILES string of the molecule is CC(=O)OC[C@@H]1[C@H](COC(C)=O)C12ON(C)[C@@H]1CCOC[C@@H]12. The number of fused-ring (bicyclic) bond motifs is 2. The van der Waals surface area contributed by atoms with Crippen LogP contribution in [0.2, 0.25) is 0 Å². The minimum atomic E-state index is -0.440. The van der Waals surface area contributed by atoms with Crippen molar-refractivity contribution in [3.63, 3.8) is 0 Å². The van der Waals surface area contributed by atoms with Gasteiger partial charge < -0.3 is 14.2 Å². The monoisotopic (exact) mass is 313 g/mol. The Balaban J connectivity index is 1.75.